The molecule has 73 heavy (non-hydrogen) atoms. The second kappa shape index (κ2) is 38.8. The first kappa shape index (κ1) is 65.6. The quantitative estimate of drug-likeness (QED) is 0.0308. The van der Waals surface area contributed by atoms with Gasteiger partial charge in [-0.1, -0.05) is 167 Å². The lowest BCUT2D eigenvalue weighted by Gasteiger charge is -2.48. The normalized spacial score (nSPS) is 31.9. The Balaban J connectivity index is 1.54. The van der Waals surface area contributed by atoms with Gasteiger partial charge >= 0.3 is 0 Å². The molecule has 1 amide bonds. The number of hydrogen-bond donors (Lipinski definition) is 12. The van der Waals surface area contributed by atoms with Crippen LogP contribution in [0.5, 0.6) is 0 Å². The number of hydrogen-bond acceptors (Lipinski definition) is 18. The fraction of sp³-hybridized carbons (Fsp3) is 0.907. The van der Waals surface area contributed by atoms with Gasteiger partial charge in [-0.3, -0.25) is 4.79 Å². The van der Waals surface area contributed by atoms with Crippen LogP contribution in [-0.2, 0) is 33.2 Å². The highest BCUT2D eigenvalue weighted by molar-refractivity contribution is 5.76. The molecule has 0 spiro atoms. The number of ether oxygens (including phenoxy) is 6. The maximum absolute atomic E-state index is 13.2. The zero-order chi connectivity index (χ0) is 53.4. The van der Waals surface area contributed by atoms with Gasteiger partial charge in [0.15, 0.2) is 18.9 Å². The fourth-order valence-electron chi connectivity index (χ4n) is 9.56. The maximum atomic E-state index is 13.2. The van der Waals surface area contributed by atoms with Crippen molar-refractivity contribution < 1.29 is 89.4 Å². The van der Waals surface area contributed by atoms with Crippen LogP contribution < -0.4 is 5.32 Å². The zero-order valence-electron chi connectivity index (χ0n) is 44.1. The molecule has 0 bridgehead atoms. The molecule has 0 aromatic rings. The molecule has 0 aliphatic carbocycles. The first-order chi connectivity index (χ1) is 35.3. The van der Waals surface area contributed by atoms with Gasteiger partial charge in [-0.05, 0) is 32.1 Å². The van der Waals surface area contributed by atoms with Crippen LogP contribution in [0.4, 0.5) is 0 Å². The fourth-order valence-corrected chi connectivity index (χ4v) is 9.56. The minimum atomic E-state index is -1.98. The molecular formula is C54H99NO18. The Morgan fingerprint density at radius 3 is 1.37 bits per heavy atom. The van der Waals surface area contributed by atoms with Crippen molar-refractivity contribution in [3.05, 3.63) is 24.3 Å². The molecule has 3 fully saturated rings. The summed E-state index contributed by atoms with van der Waals surface area (Å²) in [6, 6.07) is -0.983. The van der Waals surface area contributed by atoms with Gasteiger partial charge in [0.05, 0.1) is 38.6 Å². The van der Waals surface area contributed by atoms with E-state index in [1.165, 1.54) is 109 Å². The third-order valence-corrected chi connectivity index (χ3v) is 14.3. The molecule has 3 aliphatic rings. The first-order valence-electron chi connectivity index (χ1n) is 28.1. The topological polar surface area (TPSA) is 307 Å². The van der Waals surface area contributed by atoms with E-state index in [1.807, 2.05) is 6.08 Å². The van der Waals surface area contributed by atoms with E-state index in [9.17, 15) is 61.0 Å². The van der Waals surface area contributed by atoms with E-state index in [0.29, 0.717) is 12.8 Å². The number of carbonyl (C=O) groups is 1. The van der Waals surface area contributed by atoms with E-state index in [2.05, 4.69) is 31.3 Å². The number of carbonyl (C=O) groups excluding carboxylic acids is 1. The Morgan fingerprint density at radius 1 is 0.479 bits per heavy atom. The van der Waals surface area contributed by atoms with Crippen molar-refractivity contribution in [1.29, 1.82) is 0 Å². The Labute approximate surface area is 435 Å². The van der Waals surface area contributed by atoms with Crippen LogP contribution in [0.3, 0.4) is 0 Å². The Morgan fingerprint density at radius 2 is 0.877 bits per heavy atom. The van der Waals surface area contributed by atoms with Gasteiger partial charge in [-0.25, -0.2) is 0 Å². The molecule has 0 radical (unpaired) electrons. The summed E-state index contributed by atoms with van der Waals surface area (Å²) in [4.78, 5) is 13.2. The molecule has 19 nitrogen and oxygen atoms in total. The van der Waals surface area contributed by atoms with Crippen molar-refractivity contribution in [2.24, 2.45) is 0 Å². The van der Waals surface area contributed by atoms with Crippen LogP contribution >= 0.6 is 0 Å². The number of rotatable bonds is 40. The summed E-state index contributed by atoms with van der Waals surface area (Å²) in [6.45, 7) is 1.67. The standard InChI is InChI=1S/C54H99NO18/c1-3-5-7-9-11-13-15-16-17-18-19-20-22-23-25-27-29-31-38(59)37(55-42(60)32-30-28-26-24-21-14-12-10-8-6-4-2)36-68-52-48(66)45(63)50(40(34-57)70-52)73-54-49(67)46(64)51(41(35-58)71-54)72-53-47(65)44(62)43(61)39(33-56)69-53/h22-23,29,31,37-41,43-54,56-59,61-67H,3-21,24-28,30,32-36H2,1-2H3,(H,55,60)/b23-22+,31-29+. The summed E-state index contributed by atoms with van der Waals surface area (Å²) in [5, 5.41) is 120. The van der Waals surface area contributed by atoms with Crippen molar-refractivity contribution in [2.45, 2.75) is 285 Å². The summed E-state index contributed by atoms with van der Waals surface area (Å²) >= 11 is 0. The molecule has 0 aromatic heterocycles. The number of amides is 1. The van der Waals surface area contributed by atoms with Gasteiger partial charge in [-0.2, -0.15) is 0 Å². The Kier molecular flexibility index (Phi) is 34.8. The highest BCUT2D eigenvalue weighted by Crippen LogP contribution is 2.33. The summed E-state index contributed by atoms with van der Waals surface area (Å²) in [7, 11) is 0. The molecule has 428 valence electrons. The first-order valence-corrected chi connectivity index (χ1v) is 28.1. The third-order valence-electron chi connectivity index (χ3n) is 14.3. The molecule has 17 unspecified atom stereocenters. The zero-order valence-corrected chi connectivity index (χ0v) is 44.1. The minimum absolute atomic E-state index is 0.238. The number of aliphatic hydroxyl groups excluding tert-OH is 11. The molecule has 3 saturated heterocycles. The second-order valence-electron chi connectivity index (χ2n) is 20.4. The molecule has 19 heteroatoms. The molecule has 3 heterocycles. The van der Waals surface area contributed by atoms with Gasteiger partial charge in [0.25, 0.3) is 0 Å². The lowest BCUT2D eigenvalue weighted by Crippen LogP contribution is -2.66. The van der Waals surface area contributed by atoms with Gasteiger partial charge < -0.3 is 89.9 Å². The molecule has 12 N–H and O–H groups in total. The van der Waals surface area contributed by atoms with E-state index in [-0.39, 0.29) is 18.9 Å². The molecule has 3 rings (SSSR count). The lowest BCUT2D eigenvalue weighted by atomic mass is 9.96. The molecule has 3 aliphatic heterocycles. The van der Waals surface area contributed by atoms with Gasteiger partial charge in [-0.15, -0.1) is 0 Å². The molecule has 17 atom stereocenters. The minimum Gasteiger partial charge on any atom is -0.394 e. The van der Waals surface area contributed by atoms with Crippen LogP contribution in [0.15, 0.2) is 24.3 Å². The van der Waals surface area contributed by atoms with Crippen molar-refractivity contribution in [3.63, 3.8) is 0 Å². The van der Waals surface area contributed by atoms with Gasteiger partial charge in [0, 0.05) is 6.42 Å². The largest absolute Gasteiger partial charge is 0.394 e. The molecular weight excluding hydrogens is 951 g/mol. The van der Waals surface area contributed by atoms with Crippen LogP contribution in [0.2, 0.25) is 0 Å². The predicted molar refractivity (Wildman–Crippen MR) is 273 cm³/mol. The number of nitrogens with one attached hydrogen (secondary N) is 1. The van der Waals surface area contributed by atoms with Crippen molar-refractivity contribution in [3.8, 4) is 0 Å². The summed E-state index contributed by atoms with van der Waals surface area (Å²) in [5.74, 6) is -0.288. The SMILES string of the molecule is CCCCCCCCCCCCC/C=C/CC/C=C/C(O)C(COC1OC(CO)C(OC2OC(CO)C(OC3OC(CO)C(O)C(O)C3O)C(O)C2O)C(O)C1O)NC(=O)CCCCCCCCCCCCC. The maximum Gasteiger partial charge on any atom is 0.220 e. The van der Waals surface area contributed by atoms with Crippen LogP contribution in [0.1, 0.15) is 181 Å². The average Bonchev–Trinajstić information content (AvgIpc) is 3.39. The predicted octanol–water partition coefficient (Wildman–Crippen LogP) is 3.59. The number of unbranched alkanes of at least 4 members (excludes halogenated alkanes) is 22. The number of allylic oxidation sites excluding steroid dienone is 3. The third kappa shape index (κ3) is 23.8. The van der Waals surface area contributed by atoms with Crippen LogP contribution in [0, 0.1) is 0 Å². The summed E-state index contributed by atoms with van der Waals surface area (Å²) < 4.78 is 34.1. The van der Waals surface area contributed by atoms with Crippen LogP contribution in [0.25, 0.3) is 0 Å². The second-order valence-corrected chi connectivity index (χ2v) is 20.4. The lowest BCUT2D eigenvalue weighted by molar-refractivity contribution is -0.379. The van der Waals surface area contributed by atoms with E-state index in [1.54, 1.807) is 6.08 Å². The Hall–Kier alpha value is -1.73. The molecule has 0 saturated carbocycles. The summed E-state index contributed by atoms with van der Waals surface area (Å²) in [6.07, 6.45) is 10.3. The van der Waals surface area contributed by atoms with E-state index in [0.717, 1.165) is 38.5 Å². The van der Waals surface area contributed by atoms with E-state index in [4.69, 9.17) is 28.4 Å². The summed E-state index contributed by atoms with van der Waals surface area (Å²) in [5.41, 5.74) is 0. The van der Waals surface area contributed by atoms with Crippen molar-refractivity contribution in [2.75, 3.05) is 26.4 Å². The Bertz CT molecular complexity index is 1440. The van der Waals surface area contributed by atoms with Gasteiger partial charge in [0.2, 0.25) is 5.91 Å². The smallest absolute Gasteiger partial charge is 0.220 e. The van der Waals surface area contributed by atoms with Crippen molar-refractivity contribution >= 4 is 5.91 Å². The monoisotopic (exact) mass is 1050 g/mol. The highest BCUT2D eigenvalue weighted by Gasteiger charge is 2.53. The van der Waals surface area contributed by atoms with Crippen LogP contribution in [-0.4, -0.2) is 193 Å². The number of aliphatic hydroxyl groups is 11. The molecule has 0 aromatic carbocycles. The highest BCUT2D eigenvalue weighted by atomic mass is 16.8. The average molecular weight is 1050 g/mol. The van der Waals surface area contributed by atoms with E-state index < -0.39 is 124 Å². The van der Waals surface area contributed by atoms with Crippen molar-refractivity contribution in [1.82, 2.24) is 5.32 Å². The van der Waals surface area contributed by atoms with Gasteiger partial charge in [0.1, 0.15) is 73.2 Å². The van der Waals surface area contributed by atoms with E-state index >= 15 is 0 Å².